The second kappa shape index (κ2) is 6.84. The molecular weight excluding hydrogens is 277 g/mol. The van der Waals surface area contributed by atoms with Crippen LogP contribution in [0.5, 0.6) is 0 Å². The maximum Gasteiger partial charge on any atom is 0.129 e. The minimum Gasteiger partial charge on any atom is -0.367 e. The molecule has 106 valence electrons. The molecule has 2 aromatic rings. The highest BCUT2D eigenvalue weighted by Gasteiger charge is 2.20. The summed E-state index contributed by atoms with van der Waals surface area (Å²) in [5.74, 6) is -0.300. The molecule has 20 heavy (non-hydrogen) atoms. The Kier molecular flexibility index (Phi) is 5.12. The number of rotatable bonds is 5. The number of nitrogens with two attached hydrogens (primary N) is 1. The molecule has 4 heteroatoms. The molecule has 0 saturated carbocycles. The Morgan fingerprint density at radius 2 is 1.80 bits per heavy atom. The first-order chi connectivity index (χ1) is 9.58. The van der Waals surface area contributed by atoms with Gasteiger partial charge in [-0.25, -0.2) is 4.39 Å². The van der Waals surface area contributed by atoms with Crippen molar-refractivity contribution in [2.24, 2.45) is 5.73 Å². The Labute approximate surface area is 123 Å². The van der Waals surface area contributed by atoms with Crippen LogP contribution in [0.2, 0.25) is 5.02 Å². The van der Waals surface area contributed by atoms with Gasteiger partial charge >= 0.3 is 0 Å². The number of halogens is 2. The van der Waals surface area contributed by atoms with Crippen LogP contribution in [0.1, 0.15) is 24.2 Å². The Bertz CT molecular complexity index is 557. The predicted octanol–water partition coefficient (Wildman–Crippen LogP) is 4.08. The molecule has 0 spiro atoms. The normalized spacial score (nSPS) is 14.0. The van der Waals surface area contributed by atoms with Crippen molar-refractivity contribution < 1.29 is 9.13 Å². The van der Waals surface area contributed by atoms with E-state index in [4.69, 9.17) is 22.1 Å². The van der Waals surface area contributed by atoms with Crippen molar-refractivity contribution in [2.45, 2.75) is 25.7 Å². The van der Waals surface area contributed by atoms with Gasteiger partial charge in [0.1, 0.15) is 11.9 Å². The minimum atomic E-state index is -0.480. The van der Waals surface area contributed by atoms with Gasteiger partial charge in [-0.15, -0.1) is 0 Å². The third-order valence-corrected chi connectivity index (χ3v) is 3.28. The van der Waals surface area contributed by atoms with Crippen LogP contribution in [0.3, 0.4) is 0 Å². The third-order valence-electron chi connectivity index (χ3n) is 3.03. The van der Waals surface area contributed by atoms with Crippen LogP contribution in [-0.2, 0) is 11.3 Å². The van der Waals surface area contributed by atoms with E-state index in [1.54, 1.807) is 37.3 Å². The van der Waals surface area contributed by atoms with Crippen LogP contribution in [0, 0.1) is 5.82 Å². The Morgan fingerprint density at radius 3 is 2.40 bits per heavy atom. The van der Waals surface area contributed by atoms with Crippen LogP contribution >= 0.6 is 11.6 Å². The highest BCUT2D eigenvalue weighted by atomic mass is 35.5. The van der Waals surface area contributed by atoms with E-state index >= 15 is 0 Å². The summed E-state index contributed by atoms with van der Waals surface area (Å²) in [6.45, 7) is 2.16. The molecule has 2 unspecified atom stereocenters. The lowest BCUT2D eigenvalue weighted by molar-refractivity contribution is 0.0236. The van der Waals surface area contributed by atoms with Crippen LogP contribution in [0.15, 0.2) is 48.5 Å². The summed E-state index contributed by atoms with van der Waals surface area (Å²) in [4.78, 5) is 0. The van der Waals surface area contributed by atoms with Crippen molar-refractivity contribution >= 4 is 11.6 Å². The van der Waals surface area contributed by atoms with Gasteiger partial charge in [0.2, 0.25) is 0 Å². The molecule has 2 atom stereocenters. The van der Waals surface area contributed by atoms with Crippen molar-refractivity contribution in [3.05, 3.63) is 70.5 Å². The molecule has 0 radical (unpaired) electrons. The van der Waals surface area contributed by atoms with Crippen molar-refractivity contribution in [2.75, 3.05) is 0 Å². The Balaban J connectivity index is 2.11. The summed E-state index contributed by atoms with van der Waals surface area (Å²) in [6.07, 6.45) is -0.480. The van der Waals surface area contributed by atoms with Crippen LogP contribution < -0.4 is 5.73 Å². The van der Waals surface area contributed by atoms with E-state index < -0.39 is 6.10 Å². The number of ether oxygens (including phenoxy) is 1. The molecule has 0 aliphatic heterocycles. The van der Waals surface area contributed by atoms with Gasteiger partial charge in [0.05, 0.1) is 6.61 Å². The molecule has 0 aliphatic carbocycles. The third kappa shape index (κ3) is 3.79. The van der Waals surface area contributed by atoms with Crippen LogP contribution in [-0.4, -0.2) is 6.04 Å². The van der Waals surface area contributed by atoms with E-state index in [0.29, 0.717) is 17.2 Å². The van der Waals surface area contributed by atoms with E-state index in [0.717, 1.165) is 5.56 Å². The molecule has 0 fully saturated rings. The molecule has 0 aromatic heterocycles. The molecule has 0 aliphatic rings. The number of hydrogen-bond acceptors (Lipinski definition) is 2. The maximum absolute atomic E-state index is 13.8. The smallest absolute Gasteiger partial charge is 0.129 e. The van der Waals surface area contributed by atoms with E-state index in [1.807, 2.05) is 12.1 Å². The van der Waals surface area contributed by atoms with Gasteiger partial charge < -0.3 is 10.5 Å². The fourth-order valence-corrected chi connectivity index (χ4v) is 2.12. The molecule has 0 heterocycles. The number of hydrogen-bond donors (Lipinski definition) is 1. The molecule has 0 bridgehead atoms. The quantitative estimate of drug-likeness (QED) is 0.901. The van der Waals surface area contributed by atoms with Gasteiger partial charge in [-0.05, 0) is 30.7 Å². The first kappa shape index (κ1) is 15.0. The van der Waals surface area contributed by atoms with Crippen LogP contribution in [0.4, 0.5) is 4.39 Å². The standard InChI is InChI=1S/C16H17ClFNO/c1-11(19)16(14-4-2-3-5-15(14)18)20-10-12-6-8-13(17)9-7-12/h2-9,11,16H,10,19H2,1H3. The zero-order valence-corrected chi connectivity index (χ0v) is 12.0. The van der Waals surface area contributed by atoms with Crippen molar-refractivity contribution in [1.82, 2.24) is 0 Å². The SMILES string of the molecule is CC(N)C(OCc1ccc(Cl)cc1)c1ccccc1F. The lowest BCUT2D eigenvalue weighted by Gasteiger charge is -2.22. The minimum absolute atomic E-state index is 0.300. The van der Waals surface area contributed by atoms with E-state index in [9.17, 15) is 4.39 Å². The Hall–Kier alpha value is -1.42. The lowest BCUT2D eigenvalue weighted by Crippen LogP contribution is -2.27. The van der Waals surface area contributed by atoms with Crippen molar-refractivity contribution in [1.29, 1.82) is 0 Å². The molecular formula is C16H17ClFNO. The molecule has 2 N–H and O–H groups in total. The second-order valence-electron chi connectivity index (χ2n) is 4.74. The summed E-state index contributed by atoms with van der Waals surface area (Å²) in [6, 6.07) is 13.6. The molecule has 2 rings (SSSR count). The van der Waals surface area contributed by atoms with Gasteiger partial charge in [-0.1, -0.05) is 41.9 Å². The molecule has 0 saturated heterocycles. The average molecular weight is 294 g/mol. The zero-order chi connectivity index (χ0) is 14.5. The average Bonchev–Trinajstić information content (AvgIpc) is 2.42. The van der Waals surface area contributed by atoms with Gasteiger partial charge in [-0.2, -0.15) is 0 Å². The van der Waals surface area contributed by atoms with Crippen molar-refractivity contribution in [3.8, 4) is 0 Å². The van der Waals surface area contributed by atoms with Gasteiger partial charge in [-0.3, -0.25) is 0 Å². The predicted molar refractivity (Wildman–Crippen MR) is 79.0 cm³/mol. The first-order valence-electron chi connectivity index (χ1n) is 6.44. The molecule has 0 amide bonds. The van der Waals surface area contributed by atoms with E-state index in [-0.39, 0.29) is 11.9 Å². The maximum atomic E-state index is 13.8. The Morgan fingerprint density at radius 1 is 1.15 bits per heavy atom. The first-order valence-corrected chi connectivity index (χ1v) is 6.82. The zero-order valence-electron chi connectivity index (χ0n) is 11.2. The largest absolute Gasteiger partial charge is 0.367 e. The summed E-state index contributed by atoms with van der Waals surface area (Å²) in [5.41, 5.74) is 7.36. The highest BCUT2D eigenvalue weighted by Crippen LogP contribution is 2.24. The lowest BCUT2D eigenvalue weighted by atomic mass is 10.0. The van der Waals surface area contributed by atoms with Crippen LogP contribution in [0.25, 0.3) is 0 Å². The highest BCUT2D eigenvalue weighted by molar-refractivity contribution is 6.30. The van der Waals surface area contributed by atoms with Gasteiger partial charge in [0.15, 0.2) is 0 Å². The topological polar surface area (TPSA) is 35.2 Å². The summed E-state index contributed by atoms with van der Waals surface area (Å²) < 4.78 is 19.6. The summed E-state index contributed by atoms with van der Waals surface area (Å²) in [7, 11) is 0. The van der Waals surface area contributed by atoms with E-state index in [1.165, 1.54) is 6.07 Å². The fraction of sp³-hybridized carbons (Fsp3) is 0.250. The number of benzene rings is 2. The van der Waals surface area contributed by atoms with Gasteiger partial charge in [0.25, 0.3) is 0 Å². The summed E-state index contributed by atoms with van der Waals surface area (Å²) in [5, 5.41) is 0.673. The summed E-state index contributed by atoms with van der Waals surface area (Å²) >= 11 is 5.83. The fourth-order valence-electron chi connectivity index (χ4n) is 2.00. The van der Waals surface area contributed by atoms with Gasteiger partial charge in [0, 0.05) is 16.6 Å². The van der Waals surface area contributed by atoms with E-state index in [2.05, 4.69) is 0 Å². The molecule has 2 aromatic carbocycles. The monoisotopic (exact) mass is 293 g/mol. The molecule has 2 nitrogen and oxygen atoms in total. The van der Waals surface area contributed by atoms with Crippen molar-refractivity contribution in [3.63, 3.8) is 0 Å². The second-order valence-corrected chi connectivity index (χ2v) is 5.18.